The Balaban J connectivity index is 1.75. The van der Waals surface area contributed by atoms with E-state index in [9.17, 15) is 20.0 Å². The van der Waals surface area contributed by atoms with E-state index in [1.807, 2.05) is 6.07 Å². The van der Waals surface area contributed by atoms with Gasteiger partial charge >= 0.3 is 0 Å². The van der Waals surface area contributed by atoms with Crippen molar-refractivity contribution in [1.29, 1.82) is 0 Å². The standard InChI is InChI=1S/C17H16N2O5/c20-16(12-4-3-5-13(10-12)19(22)23)18-11-17(21)8-9-24-15-7-2-1-6-14(15)17/h1-7,10,21H,8-9,11H2,(H,18,20). The van der Waals surface area contributed by atoms with Crippen molar-refractivity contribution in [2.24, 2.45) is 0 Å². The van der Waals surface area contributed by atoms with Crippen LogP contribution in [0.2, 0.25) is 0 Å². The molecular weight excluding hydrogens is 312 g/mol. The van der Waals surface area contributed by atoms with E-state index in [4.69, 9.17) is 4.74 Å². The third-order valence-electron chi connectivity index (χ3n) is 4.02. The molecule has 3 rings (SSSR count). The number of nitro benzene ring substituents is 1. The summed E-state index contributed by atoms with van der Waals surface area (Å²) >= 11 is 0. The van der Waals surface area contributed by atoms with Gasteiger partial charge in [0.25, 0.3) is 11.6 Å². The van der Waals surface area contributed by atoms with Gasteiger partial charge < -0.3 is 15.2 Å². The smallest absolute Gasteiger partial charge is 0.270 e. The first-order chi connectivity index (χ1) is 11.5. The van der Waals surface area contributed by atoms with Crippen molar-refractivity contribution in [3.8, 4) is 5.75 Å². The second-order valence-corrected chi connectivity index (χ2v) is 5.62. The highest BCUT2D eigenvalue weighted by Gasteiger charge is 2.35. The van der Waals surface area contributed by atoms with Crippen molar-refractivity contribution >= 4 is 11.6 Å². The van der Waals surface area contributed by atoms with Gasteiger partial charge in [0, 0.05) is 29.7 Å². The van der Waals surface area contributed by atoms with Crippen LogP contribution in [0.15, 0.2) is 48.5 Å². The van der Waals surface area contributed by atoms with E-state index in [0.717, 1.165) is 0 Å². The van der Waals surface area contributed by atoms with Gasteiger partial charge in [-0.3, -0.25) is 14.9 Å². The summed E-state index contributed by atoms with van der Waals surface area (Å²) in [7, 11) is 0. The summed E-state index contributed by atoms with van der Waals surface area (Å²) in [5, 5.41) is 24.3. The van der Waals surface area contributed by atoms with Gasteiger partial charge in [0.15, 0.2) is 0 Å². The lowest BCUT2D eigenvalue weighted by Gasteiger charge is -2.34. The minimum absolute atomic E-state index is 0.00506. The Morgan fingerprint density at radius 3 is 2.88 bits per heavy atom. The molecule has 7 heteroatoms. The quantitative estimate of drug-likeness (QED) is 0.660. The van der Waals surface area contributed by atoms with E-state index in [0.29, 0.717) is 24.3 Å². The number of nitrogens with one attached hydrogen (secondary N) is 1. The highest BCUT2D eigenvalue weighted by Crippen LogP contribution is 2.36. The predicted molar refractivity (Wildman–Crippen MR) is 85.9 cm³/mol. The third kappa shape index (κ3) is 3.07. The lowest BCUT2D eigenvalue weighted by atomic mass is 9.88. The molecule has 2 aromatic carbocycles. The maximum absolute atomic E-state index is 12.2. The molecule has 1 atom stereocenters. The Labute approximate surface area is 138 Å². The second-order valence-electron chi connectivity index (χ2n) is 5.62. The fourth-order valence-electron chi connectivity index (χ4n) is 2.71. The van der Waals surface area contributed by atoms with Crippen LogP contribution >= 0.6 is 0 Å². The molecule has 0 spiro atoms. The Morgan fingerprint density at radius 2 is 2.08 bits per heavy atom. The minimum Gasteiger partial charge on any atom is -0.493 e. The molecule has 0 aliphatic carbocycles. The largest absolute Gasteiger partial charge is 0.493 e. The average Bonchev–Trinajstić information content (AvgIpc) is 2.60. The topological polar surface area (TPSA) is 102 Å². The van der Waals surface area contributed by atoms with Gasteiger partial charge in [-0.05, 0) is 12.1 Å². The predicted octanol–water partition coefficient (Wildman–Crippen LogP) is 1.99. The number of rotatable bonds is 4. The Hall–Kier alpha value is -2.93. The van der Waals surface area contributed by atoms with Crippen molar-refractivity contribution in [3.63, 3.8) is 0 Å². The molecule has 24 heavy (non-hydrogen) atoms. The van der Waals surface area contributed by atoms with Crippen molar-refractivity contribution < 1.29 is 19.6 Å². The van der Waals surface area contributed by atoms with Crippen molar-refractivity contribution in [3.05, 3.63) is 69.8 Å². The SMILES string of the molecule is O=C(NCC1(O)CCOc2ccccc21)c1cccc([N+](=O)[O-])c1. The zero-order chi connectivity index (χ0) is 17.2. The number of aliphatic hydroxyl groups is 1. The third-order valence-corrected chi connectivity index (χ3v) is 4.02. The van der Waals surface area contributed by atoms with Crippen LogP contribution in [0, 0.1) is 10.1 Å². The van der Waals surface area contributed by atoms with Crippen LogP contribution in [-0.4, -0.2) is 29.1 Å². The first-order valence-corrected chi connectivity index (χ1v) is 7.47. The molecule has 0 fully saturated rings. The van der Waals surface area contributed by atoms with E-state index in [1.165, 1.54) is 24.3 Å². The Bertz CT molecular complexity index is 792. The first-order valence-electron chi connectivity index (χ1n) is 7.47. The highest BCUT2D eigenvalue weighted by atomic mass is 16.6. The number of fused-ring (bicyclic) bond motifs is 1. The molecule has 1 aliphatic rings. The molecule has 124 valence electrons. The molecule has 2 aromatic rings. The Kier molecular flexibility index (Phi) is 4.18. The molecule has 1 heterocycles. The summed E-state index contributed by atoms with van der Waals surface area (Å²) in [4.78, 5) is 22.5. The van der Waals surface area contributed by atoms with Crippen LogP contribution in [0.4, 0.5) is 5.69 Å². The van der Waals surface area contributed by atoms with Crippen LogP contribution in [-0.2, 0) is 5.60 Å². The number of carbonyl (C=O) groups is 1. The molecular formula is C17H16N2O5. The number of non-ortho nitro benzene ring substituents is 1. The molecule has 7 nitrogen and oxygen atoms in total. The summed E-state index contributed by atoms with van der Waals surface area (Å²) in [5.41, 5.74) is -0.591. The van der Waals surface area contributed by atoms with Crippen LogP contribution in [0.3, 0.4) is 0 Å². The lowest BCUT2D eigenvalue weighted by molar-refractivity contribution is -0.384. The molecule has 0 aromatic heterocycles. The number of carbonyl (C=O) groups excluding carboxylic acids is 1. The molecule has 1 aliphatic heterocycles. The average molecular weight is 328 g/mol. The zero-order valence-electron chi connectivity index (χ0n) is 12.8. The zero-order valence-corrected chi connectivity index (χ0v) is 12.8. The number of para-hydroxylation sites is 1. The van der Waals surface area contributed by atoms with Crippen LogP contribution in [0.25, 0.3) is 0 Å². The normalized spacial score (nSPS) is 19.0. The van der Waals surface area contributed by atoms with Gasteiger partial charge in [-0.25, -0.2) is 0 Å². The number of ether oxygens (including phenoxy) is 1. The van der Waals surface area contributed by atoms with Gasteiger partial charge in [-0.15, -0.1) is 0 Å². The molecule has 0 saturated carbocycles. The molecule has 0 bridgehead atoms. The van der Waals surface area contributed by atoms with Gasteiger partial charge in [0.05, 0.1) is 18.1 Å². The number of nitro groups is 1. The summed E-state index contributed by atoms with van der Waals surface area (Å²) in [6, 6.07) is 12.6. The maximum Gasteiger partial charge on any atom is 0.270 e. The monoisotopic (exact) mass is 328 g/mol. The summed E-state index contributed by atoms with van der Waals surface area (Å²) in [6.45, 7) is 0.342. The summed E-state index contributed by atoms with van der Waals surface area (Å²) in [6.07, 6.45) is 0.346. The van der Waals surface area contributed by atoms with Crippen LogP contribution < -0.4 is 10.1 Å². The molecule has 1 unspecified atom stereocenters. The lowest BCUT2D eigenvalue weighted by Crippen LogP contribution is -2.43. The van der Waals surface area contributed by atoms with Gasteiger partial charge in [0.2, 0.25) is 0 Å². The van der Waals surface area contributed by atoms with Crippen molar-refractivity contribution in [2.45, 2.75) is 12.0 Å². The minimum atomic E-state index is -1.23. The number of nitrogens with zero attached hydrogens (tertiary/aromatic N) is 1. The molecule has 0 saturated heterocycles. The second kappa shape index (κ2) is 6.29. The number of amides is 1. The van der Waals surface area contributed by atoms with Crippen LogP contribution in [0.1, 0.15) is 22.3 Å². The molecule has 1 amide bonds. The first kappa shape index (κ1) is 15.9. The fraction of sp³-hybridized carbons (Fsp3) is 0.235. The summed E-state index contributed by atoms with van der Waals surface area (Å²) < 4.78 is 5.50. The van der Waals surface area contributed by atoms with Crippen molar-refractivity contribution in [2.75, 3.05) is 13.2 Å². The summed E-state index contributed by atoms with van der Waals surface area (Å²) in [5.74, 6) is 0.118. The van der Waals surface area contributed by atoms with E-state index < -0.39 is 16.4 Å². The van der Waals surface area contributed by atoms with Gasteiger partial charge in [0.1, 0.15) is 11.4 Å². The number of hydrogen-bond donors (Lipinski definition) is 2. The number of benzene rings is 2. The van der Waals surface area contributed by atoms with Gasteiger partial charge in [-0.1, -0.05) is 24.3 Å². The van der Waals surface area contributed by atoms with Crippen molar-refractivity contribution in [1.82, 2.24) is 5.32 Å². The highest BCUT2D eigenvalue weighted by molar-refractivity contribution is 5.94. The van der Waals surface area contributed by atoms with E-state index in [2.05, 4.69) is 5.32 Å². The van der Waals surface area contributed by atoms with E-state index in [-0.39, 0.29) is 17.8 Å². The van der Waals surface area contributed by atoms with Gasteiger partial charge in [-0.2, -0.15) is 0 Å². The molecule has 2 N–H and O–H groups in total. The Morgan fingerprint density at radius 1 is 1.29 bits per heavy atom. The fourth-order valence-corrected chi connectivity index (χ4v) is 2.71. The molecule has 0 radical (unpaired) electrons. The number of hydrogen-bond acceptors (Lipinski definition) is 5. The van der Waals surface area contributed by atoms with E-state index in [1.54, 1.807) is 18.2 Å². The van der Waals surface area contributed by atoms with E-state index >= 15 is 0 Å². The van der Waals surface area contributed by atoms with Crippen LogP contribution in [0.5, 0.6) is 5.75 Å². The maximum atomic E-state index is 12.2.